The maximum Gasteiger partial charge on any atom is 0.408 e. The topological polar surface area (TPSA) is 129 Å². The Morgan fingerprint density at radius 2 is 1.53 bits per heavy atom. The Balaban J connectivity index is 1.51. The highest BCUT2D eigenvalue weighted by Gasteiger charge is 2.34. The van der Waals surface area contributed by atoms with Crippen LogP contribution in [0, 0.1) is 0 Å². The summed E-state index contributed by atoms with van der Waals surface area (Å²) in [6, 6.07) is 13.2. The molecule has 2 atom stereocenters. The van der Waals surface area contributed by atoms with Crippen molar-refractivity contribution in [2.24, 2.45) is 0 Å². The first kappa shape index (κ1) is 34.3. The lowest BCUT2D eigenvalue weighted by Gasteiger charge is -2.33. The van der Waals surface area contributed by atoms with Crippen LogP contribution < -0.4 is 20.9 Å². The maximum absolute atomic E-state index is 14.0. The van der Waals surface area contributed by atoms with Gasteiger partial charge in [0.15, 0.2) is 0 Å². The molecule has 2 aliphatic rings. The van der Waals surface area contributed by atoms with Crippen LogP contribution in [-0.2, 0) is 30.3 Å². The molecule has 0 saturated carbocycles. The summed E-state index contributed by atoms with van der Waals surface area (Å²) >= 11 is 1.56. The van der Waals surface area contributed by atoms with Crippen LogP contribution >= 0.6 is 11.8 Å². The van der Waals surface area contributed by atoms with Crippen molar-refractivity contribution in [1.82, 2.24) is 20.9 Å². The van der Waals surface area contributed by atoms with Crippen molar-refractivity contribution in [3.8, 4) is 0 Å². The molecule has 12 heteroatoms. The van der Waals surface area contributed by atoms with E-state index >= 15 is 0 Å². The number of ether oxygens (including phenoxy) is 2. The van der Waals surface area contributed by atoms with Crippen LogP contribution in [0.3, 0.4) is 0 Å². The average molecular weight is 640 g/mol. The average Bonchev–Trinajstić information content (AvgIpc) is 3.00. The van der Waals surface area contributed by atoms with Crippen molar-refractivity contribution in [2.45, 2.75) is 57.7 Å². The molecule has 1 saturated heterocycles. The van der Waals surface area contributed by atoms with E-state index in [0.29, 0.717) is 44.9 Å². The highest BCUT2D eigenvalue weighted by Crippen LogP contribution is 2.38. The second kappa shape index (κ2) is 16.1. The smallest absolute Gasteiger partial charge is 0.408 e. The van der Waals surface area contributed by atoms with E-state index < -0.39 is 29.7 Å². The van der Waals surface area contributed by atoms with Gasteiger partial charge in [0.2, 0.25) is 17.7 Å². The molecule has 0 spiro atoms. The van der Waals surface area contributed by atoms with Gasteiger partial charge in [0.05, 0.1) is 31.0 Å². The van der Waals surface area contributed by atoms with E-state index in [0.717, 1.165) is 35.6 Å². The van der Waals surface area contributed by atoms with Gasteiger partial charge in [-0.2, -0.15) is 11.8 Å². The monoisotopic (exact) mass is 639 g/mol. The van der Waals surface area contributed by atoms with Crippen molar-refractivity contribution in [1.29, 1.82) is 0 Å². The number of benzene rings is 2. The zero-order chi connectivity index (χ0) is 32.4. The number of anilines is 2. The zero-order valence-corrected chi connectivity index (χ0v) is 27.4. The minimum Gasteiger partial charge on any atom is -0.444 e. The van der Waals surface area contributed by atoms with Crippen LogP contribution in [0.2, 0.25) is 0 Å². The van der Waals surface area contributed by atoms with Crippen LogP contribution in [0.1, 0.15) is 44.7 Å². The molecule has 2 heterocycles. The number of nitrogens with zero attached hydrogens (tertiary/aromatic N) is 2. The largest absolute Gasteiger partial charge is 0.444 e. The molecule has 1 fully saturated rings. The standard InChI is InChI=1S/C33H45N5O6S/c1-33(2,3)44-32(42)36-26(22-29(39)38-27-11-7-5-9-23(27)21-24-10-6-8-12-28(24)38)31(41)35-25(13-20-45-4)30(40)34-14-15-37-16-18-43-19-17-37/h5-12,25-26H,13-22H2,1-4H3,(H,34,40)(H,35,41)(H,36,42)/t25-,26-/m0/s1. The van der Waals surface area contributed by atoms with E-state index in [1.165, 1.54) is 0 Å². The third kappa shape index (κ3) is 9.94. The number of amides is 4. The number of hydrogen-bond acceptors (Lipinski definition) is 8. The molecule has 0 unspecified atom stereocenters. The number of para-hydroxylation sites is 2. The van der Waals surface area contributed by atoms with Crippen LogP contribution in [0.15, 0.2) is 48.5 Å². The Kier molecular flexibility index (Phi) is 12.3. The SMILES string of the molecule is CSCC[C@H](NC(=O)[C@H](CC(=O)N1c2ccccc2Cc2ccccc21)NC(=O)OC(C)(C)C)C(=O)NCCN1CCOCC1. The Labute approximate surface area is 269 Å². The van der Waals surface area contributed by atoms with Crippen LogP contribution in [0.4, 0.5) is 16.2 Å². The highest BCUT2D eigenvalue weighted by molar-refractivity contribution is 7.98. The fourth-order valence-electron chi connectivity index (χ4n) is 5.35. The Hall–Kier alpha value is -3.61. The number of hydrogen-bond donors (Lipinski definition) is 3. The molecule has 45 heavy (non-hydrogen) atoms. The number of nitrogens with one attached hydrogen (secondary N) is 3. The van der Waals surface area contributed by atoms with E-state index in [1.807, 2.05) is 54.8 Å². The molecule has 4 rings (SSSR count). The van der Waals surface area contributed by atoms with Gasteiger partial charge in [-0.1, -0.05) is 36.4 Å². The summed E-state index contributed by atoms with van der Waals surface area (Å²) in [5.41, 5.74) is 2.61. The normalized spacial score (nSPS) is 16.0. The first-order valence-electron chi connectivity index (χ1n) is 15.4. The maximum atomic E-state index is 14.0. The summed E-state index contributed by atoms with van der Waals surface area (Å²) < 4.78 is 10.8. The number of carbonyl (C=O) groups is 4. The first-order chi connectivity index (χ1) is 21.6. The molecular weight excluding hydrogens is 594 g/mol. The number of thioether (sulfide) groups is 1. The summed E-state index contributed by atoms with van der Waals surface area (Å²) in [7, 11) is 0. The third-order valence-electron chi connectivity index (χ3n) is 7.56. The second-order valence-corrected chi connectivity index (χ2v) is 13.1. The van der Waals surface area contributed by atoms with Gasteiger partial charge in [-0.3, -0.25) is 24.2 Å². The van der Waals surface area contributed by atoms with Crippen molar-refractivity contribution in [3.05, 3.63) is 59.7 Å². The first-order valence-corrected chi connectivity index (χ1v) is 16.8. The van der Waals surface area contributed by atoms with E-state index in [1.54, 1.807) is 37.4 Å². The van der Waals surface area contributed by atoms with Gasteiger partial charge >= 0.3 is 6.09 Å². The van der Waals surface area contributed by atoms with Crippen molar-refractivity contribution in [3.63, 3.8) is 0 Å². The summed E-state index contributed by atoms with van der Waals surface area (Å²) in [5.74, 6) is -0.692. The Bertz CT molecular complexity index is 1300. The fourth-order valence-corrected chi connectivity index (χ4v) is 5.82. The summed E-state index contributed by atoms with van der Waals surface area (Å²) in [6.07, 6.45) is 1.81. The Morgan fingerprint density at radius 3 is 2.13 bits per heavy atom. The Morgan fingerprint density at radius 1 is 0.911 bits per heavy atom. The van der Waals surface area contributed by atoms with Crippen molar-refractivity contribution >= 4 is 47.0 Å². The number of fused-ring (bicyclic) bond motifs is 2. The molecule has 244 valence electrons. The molecule has 4 amide bonds. The number of rotatable bonds is 12. The second-order valence-electron chi connectivity index (χ2n) is 12.2. The lowest BCUT2D eigenvalue weighted by molar-refractivity contribution is -0.131. The third-order valence-corrected chi connectivity index (χ3v) is 8.20. The van der Waals surface area contributed by atoms with Crippen molar-refractivity contribution in [2.75, 3.05) is 56.3 Å². The van der Waals surface area contributed by atoms with E-state index in [4.69, 9.17) is 9.47 Å². The predicted molar refractivity (Wildman–Crippen MR) is 176 cm³/mol. The van der Waals surface area contributed by atoms with Crippen LogP contribution in [-0.4, -0.2) is 97.8 Å². The van der Waals surface area contributed by atoms with Gasteiger partial charge in [-0.05, 0) is 62.5 Å². The minimum atomic E-state index is -1.29. The minimum absolute atomic E-state index is 0.313. The molecule has 0 aliphatic carbocycles. The van der Waals surface area contributed by atoms with Gasteiger partial charge < -0.3 is 25.4 Å². The molecule has 3 N–H and O–H groups in total. The molecule has 0 aromatic heterocycles. The summed E-state index contributed by atoms with van der Waals surface area (Å²) in [5, 5.41) is 8.35. The molecule has 11 nitrogen and oxygen atoms in total. The van der Waals surface area contributed by atoms with Gasteiger partial charge in [0.25, 0.3) is 0 Å². The number of alkyl carbamates (subject to hydrolysis) is 1. The van der Waals surface area contributed by atoms with Crippen LogP contribution in [0.5, 0.6) is 0 Å². The van der Waals surface area contributed by atoms with E-state index in [9.17, 15) is 19.2 Å². The summed E-state index contributed by atoms with van der Waals surface area (Å²) in [4.78, 5) is 57.8. The zero-order valence-electron chi connectivity index (χ0n) is 26.6. The van der Waals surface area contributed by atoms with Gasteiger partial charge in [-0.25, -0.2) is 4.79 Å². The lowest BCUT2D eigenvalue weighted by Crippen LogP contribution is -2.56. The van der Waals surface area contributed by atoms with Gasteiger partial charge in [-0.15, -0.1) is 0 Å². The van der Waals surface area contributed by atoms with E-state index in [-0.39, 0.29) is 18.2 Å². The molecular formula is C33H45N5O6S. The van der Waals surface area contributed by atoms with Gasteiger partial charge in [0.1, 0.15) is 17.7 Å². The highest BCUT2D eigenvalue weighted by atomic mass is 32.2. The molecule has 0 radical (unpaired) electrons. The van der Waals surface area contributed by atoms with Crippen molar-refractivity contribution < 1.29 is 28.7 Å². The van der Waals surface area contributed by atoms with Gasteiger partial charge in [0, 0.05) is 32.6 Å². The quantitative estimate of drug-likeness (QED) is 0.323. The van der Waals surface area contributed by atoms with E-state index in [2.05, 4.69) is 20.9 Å². The van der Waals surface area contributed by atoms with Crippen LogP contribution in [0.25, 0.3) is 0 Å². The molecule has 2 aliphatic heterocycles. The molecule has 0 bridgehead atoms. The predicted octanol–water partition coefficient (Wildman–Crippen LogP) is 3.23. The number of carbonyl (C=O) groups excluding carboxylic acids is 4. The summed E-state index contributed by atoms with van der Waals surface area (Å²) in [6.45, 7) is 9.20. The molecule has 2 aromatic carbocycles. The number of morpholine rings is 1. The fraction of sp³-hybridized carbons (Fsp3) is 0.515. The lowest BCUT2D eigenvalue weighted by atomic mass is 9.95. The molecule has 2 aromatic rings.